The normalized spacial score (nSPS) is 36.9. The molecular weight excluding hydrogens is 184 g/mol. The van der Waals surface area contributed by atoms with Gasteiger partial charge in [-0.25, -0.2) is 0 Å². The van der Waals surface area contributed by atoms with Crippen LogP contribution in [0.1, 0.15) is 52.9 Å². The van der Waals surface area contributed by atoms with E-state index in [2.05, 4.69) is 27.4 Å². The molecule has 1 aliphatic rings. The van der Waals surface area contributed by atoms with Crippen molar-refractivity contribution in [1.82, 2.24) is 0 Å². The minimum Gasteiger partial charge on any atom is -0.390 e. The molecule has 1 N–H and O–H groups in total. The van der Waals surface area contributed by atoms with Gasteiger partial charge in [-0.1, -0.05) is 33.3 Å². The summed E-state index contributed by atoms with van der Waals surface area (Å²) in [6.45, 7) is 10.5. The first kappa shape index (κ1) is 12.8. The Morgan fingerprint density at radius 1 is 1.47 bits per heavy atom. The van der Waals surface area contributed by atoms with Crippen molar-refractivity contribution in [3.8, 4) is 0 Å². The van der Waals surface area contributed by atoms with Crippen molar-refractivity contribution in [2.45, 2.75) is 58.5 Å². The van der Waals surface area contributed by atoms with Gasteiger partial charge < -0.3 is 5.11 Å². The first-order valence-corrected chi connectivity index (χ1v) is 6.33. The minimum atomic E-state index is -0.431. The van der Waals surface area contributed by atoms with E-state index in [1.165, 1.54) is 12.8 Å². The molecule has 0 radical (unpaired) electrons. The summed E-state index contributed by atoms with van der Waals surface area (Å²) in [5.74, 6) is 1.75. The molecule has 0 saturated heterocycles. The predicted octanol–water partition coefficient (Wildman–Crippen LogP) is 3.78. The van der Waals surface area contributed by atoms with Crippen molar-refractivity contribution in [2.75, 3.05) is 0 Å². The third-order valence-corrected chi connectivity index (χ3v) is 3.95. The van der Waals surface area contributed by atoms with Gasteiger partial charge in [-0.3, -0.25) is 0 Å². The third-order valence-electron chi connectivity index (χ3n) is 3.95. The van der Waals surface area contributed by atoms with Crippen molar-refractivity contribution in [3.05, 3.63) is 12.7 Å². The second-order valence-corrected chi connectivity index (χ2v) is 5.67. The highest BCUT2D eigenvalue weighted by Crippen LogP contribution is 2.43. The smallest absolute Gasteiger partial charge is 0.0683 e. The Morgan fingerprint density at radius 3 is 2.67 bits per heavy atom. The largest absolute Gasteiger partial charge is 0.390 e. The molecule has 1 saturated carbocycles. The van der Waals surface area contributed by atoms with Crippen molar-refractivity contribution in [1.29, 1.82) is 0 Å². The molecule has 0 aliphatic heterocycles. The van der Waals surface area contributed by atoms with Crippen molar-refractivity contribution in [3.63, 3.8) is 0 Å². The van der Waals surface area contributed by atoms with E-state index in [1.54, 1.807) is 0 Å². The lowest BCUT2D eigenvalue weighted by atomic mass is 9.65. The first-order chi connectivity index (χ1) is 6.99. The van der Waals surface area contributed by atoms with Crippen LogP contribution in [0.5, 0.6) is 0 Å². The molecule has 0 amide bonds. The maximum atomic E-state index is 10.8. The van der Waals surface area contributed by atoms with Crippen LogP contribution in [0.3, 0.4) is 0 Å². The third kappa shape index (κ3) is 3.07. The molecule has 1 nitrogen and oxygen atoms in total. The van der Waals surface area contributed by atoms with Gasteiger partial charge in [-0.05, 0) is 43.4 Å². The molecule has 15 heavy (non-hydrogen) atoms. The van der Waals surface area contributed by atoms with Crippen LogP contribution >= 0.6 is 0 Å². The number of allylic oxidation sites excluding steroid dienone is 1. The van der Waals surface area contributed by atoms with Crippen LogP contribution < -0.4 is 0 Å². The summed E-state index contributed by atoms with van der Waals surface area (Å²) < 4.78 is 0. The lowest BCUT2D eigenvalue weighted by molar-refractivity contribution is -0.0850. The van der Waals surface area contributed by atoms with Gasteiger partial charge in [0.2, 0.25) is 0 Å². The Bertz CT molecular complexity index is 209. The number of hydrogen-bond donors (Lipinski definition) is 1. The number of rotatable bonds is 4. The van der Waals surface area contributed by atoms with Gasteiger partial charge in [-0.2, -0.15) is 0 Å². The molecule has 88 valence electrons. The van der Waals surface area contributed by atoms with Crippen LogP contribution in [-0.4, -0.2) is 10.7 Å². The van der Waals surface area contributed by atoms with E-state index in [9.17, 15) is 5.11 Å². The van der Waals surface area contributed by atoms with Gasteiger partial charge in [-0.15, -0.1) is 6.58 Å². The zero-order chi connectivity index (χ0) is 11.5. The summed E-state index contributed by atoms with van der Waals surface area (Å²) >= 11 is 0. The van der Waals surface area contributed by atoms with Crippen molar-refractivity contribution in [2.24, 2.45) is 17.8 Å². The molecule has 1 fully saturated rings. The highest BCUT2D eigenvalue weighted by molar-refractivity contribution is 4.94. The molecule has 0 spiro atoms. The topological polar surface area (TPSA) is 20.2 Å². The van der Waals surface area contributed by atoms with Crippen LogP contribution in [-0.2, 0) is 0 Å². The van der Waals surface area contributed by atoms with E-state index in [4.69, 9.17) is 0 Å². The molecule has 1 heteroatoms. The summed E-state index contributed by atoms with van der Waals surface area (Å²) in [6.07, 6.45) is 7.19. The van der Waals surface area contributed by atoms with E-state index in [0.717, 1.165) is 19.3 Å². The lowest BCUT2D eigenvalue weighted by Gasteiger charge is -2.44. The minimum absolute atomic E-state index is 0.431. The Kier molecular flexibility index (Phi) is 4.39. The molecule has 0 aromatic carbocycles. The zero-order valence-electron chi connectivity index (χ0n) is 10.5. The Morgan fingerprint density at radius 2 is 2.13 bits per heavy atom. The van der Waals surface area contributed by atoms with Gasteiger partial charge in [0.15, 0.2) is 0 Å². The lowest BCUT2D eigenvalue weighted by Crippen LogP contribution is -2.45. The maximum absolute atomic E-state index is 10.8. The van der Waals surface area contributed by atoms with Gasteiger partial charge in [0.05, 0.1) is 5.60 Å². The summed E-state index contributed by atoms with van der Waals surface area (Å²) in [4.78, 5) is 0. The molecule has 1 aliphatic carbocycles. The zero-order valence-corrected chi connectivity index (χ0v) is 10.5. The summed E-state index contributed by atoms with van der Waals surface area (Å²) in [6, 6.07) is 0. The van der Waals surface area contributed by atoms with Crippen LogP contribution in [0.15, 0.2) is 12.7 Å². The Labute approximate surface area is 94.6 Å². The van der Waals surface area contributed by atoms with E-state index in [0.29, 0.717) is 17.8 Å². The summed E-state index contributed by atoms with van der Waals surface area (Å²) in [7, 11) is 0. The highest BCUT2D eigenvalue weighted by Gasteiger charge is 2.41. The SMILES string of the molecule is C=CCC[C@]1(O)CC(C)CCC1C(C)C. The fraction of sp³-hybridized carbons (Fsp3) is 0.857. The average Bonchev–Trinajstić information content (AvgIpc) is 2.14. The standard InChI is InChI=1S/C14H26O/c1-5-6-9-14(15)10-12(4)7-8-13(14)11(2)3/h5,11-13,15H,1,6-10H2,2-4H3/t12?,13?,14-/m0/s1. The van der Waals surface area contributed by atoms with Crippen molar-refractivity contribution >= 4 is 0 Å². The van der Waals surface area contributed by atoms with Gasteiger partial charge in [0.25, 0.3) is 0 Å². The predicted molar refractivity (Wildman–Crippen MR) is 65.7 cm³/mol. The van der Waals surface area contributed by atoms with Crippen LogP contribution in [0.4, 0.5) is 0 Å². The molecule has 1 rings (SSSR count). The van der Waals surface area contributed by atoms with E-state index in [-0.39, 0.29) is 0 Å². The van der Waals surface area contributed by atoms with Gasteiger partial charge >= 0.3 is 0 Å². The van der Waals surface area contributed by atoms with Crippen molar-refractivity contribution < 1.29 is 5.11 Å². The monoisotopic (exact) mass is 210 g/mol. The maximum Gasteiger partial charge on any atom is 0.0683 e. The Balaban J connectivity index is 2.71. The molecule has 0 bridgehead atoms. The molecule has 0 aromatic rings. The fourth-order valence-corrected chi connectivity index (χ4v) is 3.18. The number of hydrogen-bond acceptors (Lipinski definition) is 1. The van der Waals surface area contributed by atoms with Crippen LogP contribution in [0.25, 0.3) is 0 Å². The van der Waals surface area contributed by atoms with Crippen LogP contribution in [0.2, 0.25) is 0 Å². The molecular formula is C14H26O. The Hall–Kier alpha value is -0.300. The van der Waals surface area contributed by atoms with Gasteiger partial charge in [0.1, 0.15) is 0 Å². The van der Waals surface area contributed by atoms with Crippen LogP contribution in [0, 0.1) is 17.8 Å². The quantitative estimate of drug-likeness (QED) is 0.700. The molecule has 0 heterocycles. The molecule has 0 aromatic heterocycles. The summed E-state index contributed by atoms with van der Waals surface area (Å²) in [5, 5.41) is 10.8. The average molecular weight is 210 g/mol. The highest BCUT2D eigenvalue weighted by atomic mass is 16.3. The summed E-state index contributed by atoms with van der Waals surface area (Å²) in [5.41, 5.74) is -0.431. The fourth-order valence-electron chi connectivity index (χ4n) is 3.18. The van der Waals surface area contributed by atoms with E-state index in [1.807, 2.05) is 6.08 Å². The molecule has 3 atom stereocenters. The first-order valence-electron chi connectivity index (χ1n) is 6.33. The second-order valence-electron chi connectivity index (χ2n) is 5.67. The van der Waals surface area contributed by atoms with Gasteiger partial charge in [0, 0.05) is 0 Å². The molecule has 2 unspecified atom stereocenters. The number of aliphatic hydroxyl groups is 1. The van der Waals surface area contributed by atoms with E-state index < -0.39 is 5.60 Å². The van der Waals surface area contributed by atoms with E-state index >= 15 is 0 Å². The second kappa shape index (κ2) is 5.16.